The lowest BCUT2D eigenvalue weighted by atomic mass is 10.1. The molecule has 0 atom stereocenters. The summed E-state index contributed by atoms with van der Waals surface area (Å²) in [6, 6.07) is 8.00. The third-order valence-electron chi connectivity index (χ3n) is 4.33. The van der Waals surface area contributed by atoms with Crippen molar-refractivity contribution in [2.75, 3.05) is 25.1 Å². The normalized spacial score (nSPS) is 13.5. The van der Waals surface area contributed by atoms with E-state index in [4.69, 9.17) is 4.74 Å². The van der Waals surface area contributed by atoms with Crippen LogP contribution in [-0.2, 0) is 6.54 Å². The lowest BCUT2D eigenvalue weighted by molar-refractivity contribution is -0.385. The van der Waals surface area contributed by atoms with Crippen molar-refractivity contribution in [2.24, 2.45) is 0 Å². The van der Waals surface area contributed by atoms with Crippen LogP contribution in [0, 0.1) is 10.1 Å². The zero-order valence-corrected chi connectivity index (χ0v) is 14.5. The Morgan fingerprint density at radius 3 is 2.69 bits per heavy atom. The van der Waals surface area contributed by atoms with Gasteiger partial charge in [-0.15, -0.1) is 0 Å². The number of aromatic nitrogens is 1. The number of carbonyl (C=O) groups is 1. The summed E-state index contributed by atoms with van der Waals surface area (Å²) in [6.45, 7) is 2.35. The van der Waals surface area contributed by atoms with Crippen LogP contribution >= 0.6 is 0 Å². The van der Waals surface area contributed by atoms with E-state index in [9.17, 15) is 14.9 Å². The molecule has 0 saturated carbocycles. The highest BCUT2D eigenvalue weighted by Gasteiger charge is 2.18. The van der Waals surface area contributed by atoms with Crippen molar-refractivity contribution in [3.05, 3.63) is 57.8 Å². The number of methoxy groups -OCH3 is 1. The summed E-state index contributed by atoms with van der Waals surface area (Å²) in [5.41, 5.74) is 0.834. The maximum absolute atomic E-state index is 12.3. The van der Waals surface area contributed by atoms with E-state index in [-0.39, 0.29) is 22.9 Å². The lowest BCUT2D eigenvalue weighted by Gasteiger charge is -2.16. The predicted octanol–water partition coefficient (Wildman–Crippen LogP) is 2.53. The molecule has 0 radical (unpaired) electrons. The van der Waals surface area contributed by atoms with Gasteiger partial charge in [0.25, 0.3) is 5.91 Å². The van der Waals surface area contributed by atoms with E-state index in [0.29, 0.717) is 6.54 Å². The van der Waals surface area contributed by atoms with Gasteiger partial charge in [-0.2, -0.15) is 0 Å². The Hall–Kier alpha value is -3.16. The van der Waals surface area contributed by atoms with E-state index in [2.05, 4.69) is 15.2 Å². The van der Waals surface area contributed by atoms with Gasteiger partial charge in [-0.1, -0.05) is 6.07 Å². The van der Waals surface area contributed by atoms with Gasteiger partial charge >= 0.3 is 5.69 Å². The fraction of sp³-hybridized carbons (Fsp3) is 0.333. The summed E-state index contributed by atoms with van der Waals surface area (Å²) >= 11 is 0. The van der Waals surface area contributed by atoms with Crippen LogP contribution < -0.4 is 15.0 Å². The first-order chi connectivity index (χ1) is 12.6. The van der Waals surface area contributed by atoms with E-state index >= 15 is 0 Å². The van der Waals surface area contributed by atoms with Crippen molar-refractivity contribution in [1.29, 1.82) is 0 Å². The number of nitro groups is 1. The molecule has 0 bridgehead atoms. The number of nitro benzene ring substituents is 1. The molecule has 1 N–H and O–H groups in total. The molecule has 1 amide bonds. The Labute approximate surface area is 150 Å². The number of ether oxygens (including phenoxy) is 1. The Bertz CT molecular complexity index is 801. The highest BCUT2D eigenvalue weighted by Crippen LogP contribution is 2.27. The highest BCUT2D eigenvalue weighted by molar-refractivity contribution is 5.95. The number of hydrogen-bond acceptors (Lipinski definition) is 6. The summed E-state index contributed by atoms with van der Waals surface area (Å²) in [5.74, 6) is 0.677. The van der Waals surface area contributed by atoms with E-state index in [1.165, 1.54) is 38.2 Å². The molecule has 3 rings (SSSR count). The van der Waals surface area contributed by atoms with E-state index in [1.807, 2.05) is 12.1 Å². The van der Waals surface area contributed by atoms with Crippen LogP contribution in [0.1, 0.15) is 28.8 Å². The largest absolute Gasteiger partial charge is 0.490 e. The van der Waals surface area contributed by atoms with E-state index in [1.54, 1.807) is 6.20 Å². The van der Waals surface area contributed by atoms with Gasteiger partial charge < -0.3 is 15.0 Å². The number of carbonyl (C=O) groups excluding carboxylic acids is 1. The first kappa shape index (κ1) is 17.7. The molecule has 26 heavy (non-hydrogen) atoms. The Morgan fingerprint density at radius 1 is 1.31 bits per heavy atom. The molecule has 2 aromatic rings. The minimum Gasteiger partial charge on any atom is -0.490 e. The fourth-order valence-corrected chi connectivity index (χ4v) is 2.91. The summed E-state index contributed by atoms with van der Waals surface area (Å²) in [6.07, 6.45) is 4.12. The quantitative estimate of drug-likeness (QED) is 0.631. The van der Waals surface area contributed by atoms with Crippen LogP contribution in [-0.4, -0.2) is 36.0 Å². The molecule has 8 nitrogen and oxygen atoms in total. The summed E-state index contributed by atoms with van der Waals surface area (Å²) in [5, 5.41) is 13.8. The van der Waals surface area contributed by atoms with Gasteiger partial charge in [0.05, 0.1) is 12.0 Å². The number of benzene rings is 1. The Balaban J connectivity index is 1.63. The second-order valence-electron chi connectivity index (χ2n) is 6.05. The topological polar surface area (TPSA) is 97.6 Å². The van der Waals surface area contributed by atoms with Gasteiger partial charge in [0.2, 0.25) is 0 Å². The van der Waals surface area contributed by atoms with E-state index < -0.39 is 4.92 Å². The van der Waals surface area contributed by atoms with Gasteiger partial charge in [0, 0.05) is 37.5 Å². The fourth-order valence-electron chi connectivity index (χ4n) is 2.91. The third kappa shape index (κ3) is 3.90. The minimum atomic E-state index is -0.573. The van der Waals surface area contributed by atoms with Crippen molar-refractivity contribution in [3.63, 3.8) is 0 Å². The van der Waals surface area contributed by atoms with Crippen LogP contribution in [0.15, 0.2) is 36.5 Å². The molecule has 1 aromatic carbocycles. The number of pyridine rings is 1. The summed E-state index contributed by atoms with van der Waals surface area (Å²) < 4.78 is 4.94. The predicted molar refractivity (Wildman–Crippen MR) is 96.5 cm³/mol. The highest BCUT2D eigenvalue weighted by atomic mass is 16.6. The van der Waals surface area contributed by atoms with Crippen LogP contribution in [0.2, 0.25) is 0 Å². The van der Waals surface area contributed by atoms with Gasteiger partial charge in [-0.3, -0.25) is 14.9 Å². The van der Waals surface area contributed by atoms with Crippen molar-refractivity contribution in [1.82, 2.24) is 10.3 Å². The van der Waals surface area contributed by atoms with Crippen molar-refractivity contribution in [2.45, 2.75) is 19.4 Å². The number of nitrogens with one attached hydrogen (secondary N) is 1. The monoisotopic (exact) mass is 356 g/mol. The molecule has 1 saturated heterocycles. The Morgan fingerprint density at radius 2 is 2.08 bits per heavy atom. The van der Waals surface area contributed by atoms with Crippen LogP contribution in [0.25, 0.3) is 0 Å². The molecule has 1 fully saturated rings. The van der Waals surface area contributed by atoms with Crippen LogP contribution in [0.3, 0.4) is 0 Å². The molecular weight excluding hydrogens is 336 g/mol. The molecule has 1 aliphatic rings. The average molecular weight is 356 g/mol. The number of nitrogens with zero attached hydrogens (tertiary/aromatic N) is 3. The van der Waals surface area contributed by atoms with E-state index in [0.717, 1.165) is 24.5 Å². The van der Waals surface area contributed by atoms with Gasteiger partial charge in [0.1, 0.15) is 5.82 Å². The first-order valence-corrected chi connectivity index (χ1v) is 8.39. The number of anilines is 1. The molecule has 136 valence electrons. The second-order valence-corrected chi connectivity index (χ2v) is 6.05. The molecule has 0 aliphatic carbocycles. The second kappa shape index (κ2) is 7.81. The molecule has 0 unspecified atom stereocenters. The van der Waals surface area contributed by atoms with Gasteiger partial charge in [0.15, 0.2) is 5.75 Å². The average Bonchev–Trinajstić information content (AvgIpc) is 3.20. The zero-order valence-electron chi connectivity index (χ0n) is 14.5. The van der Waals surface area contributed by atoms with Crippen LogP contribution in [0.4, 0.5) is 11.5 Å². The van der Waals surface area contributed by atoms with Crippen molar-refractivity contribution in [3.8, 4) is 5.75 Å². The first-order valence-electron chi connectivity index (χ1n) is 8.39. The van der Waals surface area contributed by atoms with Crippen molar-refractivity contribution >= 4 is 17.4 Å². The lowest BCUT2D eigenvalue weighted by Crippen LogP contribution is -2.23. The SMILES string of the molecule is COc1ccc(C(=O)NCc2ccc(N3CCCC3)nc2)cc1[N+](=O)[O-]. The maximum Gasteiger partial charge on any atom is 0.311 e. The molecule has 1 aromatic heterocycles. The smallest absolute Gasteiger partial charge is 0.311 e. The Kier molecular flexibility index (Phi) is 5.31. The molecule has 0 spiro atoms. The minimum absolute atomic E-state index is 0.119. The van der Waals surface area contributed by atoms with Gasteiger partial charge in [-0.25, -0.2) is 4.98 Å². The molecule has 1 aliphatic heterocycles. The summed E-state index contributed by atoms with van der Waals surface area (Å²) in [7, 11) is 1.35. The van der Waals surface area contributed by atoms with Crippen molar-refractivity contribution < 1.29 is 14.5 Å². The van der Waals surface area contributed by atoms with Crippen LogP contribution in [0.5, 0.6) is 5.75 Å². The molecule has 2 heterocycles. The van der Waals surface area contributed by atoms with Gasteiger partial charge in [-0.05, 0) is 36.6 Å². The standard InChI is InChI=1S/C18H20N4O4/c1-26-16-6-5-14(10-15(16)22(24)25)18(23)20-12-13-4-7-17(19-11-13)21-8-2-3-9-21/h4-7,10-11H,2-3,8-9,12H2,1H3,(H,20,23). The third-order valence-corrected chi connectivity index (χ3v) is 4.33. The maximum atomic E-state index is 12.3. The number of amides is 1. The molecular formula is C18H20N4O4. The number of rotatable bonds is 6. The zero-order chi connectivity index (χ0) is 18.5. The molecule has 8 heteroatoms. The number of hydrogen-bond donors (Lipinski definition) is 1. The summed E-state index contributed by atoms with van der Waals surface area (Å²) in [4.78, 5) is 29.4.